The number of nitrogens with zero attached hydrogens (tertiary/aromatic N) is 3. The van der Waals surface area contributed by atoms with Gasteiger partial charge in [0.2, 0.25) is 29.5 Å². The van der Waals surface area contributed by atoms with E-state index in [-0.39, 0.29) is 29.9 Å². The van der Waals surface area contributed by atoms with Crippen LogP contribution in [0.25, 0.3) is 0 Å². The molecule has 3 N–H and O–H groups in total. The largest absolute Gasteiger partial charge is 0.497 e. The van der Waals surface area contributed by atoms with Gasteiger partial charge in [-0.15, -0.1) is 6.58 Å². The van der Waals surface area contributed by atoms with Crippen molar-refractivity contribution in [3.63, 3.8) is 0 Å². The number of nitrogens with one attached hydrogen (secondary N) is 3. The van der Waals surface area contributed by atoms with Crippen LogP contribution in [0, 0.1) is 0 Å². The second-order valence-corrected chi connectivity index (χ2v) is 15.0. The highest BCUT2D eigenvalue weighted by Crippen LogP contribution is 2.36. The molecule has 3 aromatic carbocycles. The lowest BCUT2D eigenvalue weighted by Gasteiger charge is -2.42. The third kappa shape index (κ3) is 8.96. The van der Waals surface area contributed by atoms with Gasteiger partial charge < -0.3 is 44.9 Å². The Labute approximate surface area is 349 Å². The molecule has 6 bridgehead atoms. The molecule has 6 amide bonds. The molecule has 1 fully saturated rings. The number of benzene rings is 3. The van der Waals surface area contributed by atoms with Crippen molar-refractivity contribution in [2.45, 2.75) is 75.8 Å². The maximum atomic E-state index is 15.1. The Morgan fingerprint density at radius 2 is 1.37 bits per heavy atom. The molecule has 318 valence electrons. The van der Waals surface area contributed by atoms with E-state index in [4.69, 9.17) is 14.2 Å². The topological polar surface area (TPSA) is 193 Å². The third-order valence-electron chi connectivity index (χ3n) is 11.1. The Hall–Kier alpha value is -6.71. The molecule has 0 unspecified atom stereocenters. The van der Waals surface area contributed by atoms with Crippen LogP contribution in [0.15, 0.2) is 79.4 Å². The minimum Gasteiger partial charge on any atom is -0.497 e. The number of carbonyl (C=O) groups excluding carboxylic acids is 7. The summed E-state index contributed by atoms with van der Waals surface area (Å²) in [6.45, 7) is 8.05. The van der Waals surface area contributed by atoms with E-state index in [1.54, 1.807) is 48.5 Å². The van der Waals surface area contributed by atoms with Gasteiger partial charge >= 0.3 is 0 Å². The minimum atomic E-state index is -2.38. The van der Waals surface area contributed by atoms with Crippen LogP contribution in [0.2, 0.25) is 0 Å². The van der Waals surface area contributed by atoms with Crippen LogP contribution < -0.4 is 30.2 Å². The van der Waals surface area contributed by atoms with E-state index >= 15 is 9.59 Å². The SMILES string of the molecule is C=CC[C@@]12C(=O)N[C@H](C)C(=O)N[C@@H](C)C(=O)N(C)[C@@H](Cc3ccc(OC)cc3)C(=O)N[C@@H](C)C(=O)N(C)[C@@H](Cc3ccc(cc3)Oc3cc(ccc3OC)C1=O)C(=O)N2C. The van der Waals surface area contributed by atoms with Crippen molar-refractivity contribution in [3.05, 3.63) is 96.1 Å². The van der Waals surface area contributed by atoms with Gasteiger partial charge in [0.1, 0.15) is 41.7 Å². The lowest BCUT2D eigenvalue weighted by molar-refractivity contribution is -0.152. The van der Waals surface area contributed by atoms with Crippen molar-refractivity contribution in [1.82, 2.24) is 30.7 Å². The molecule has 0 saturated carbocycles. The maximum absolute atomic E-state index is 15.1. The number of amides is 6. The van der Waals surface area contributed by atoms with Crippen molar-refractivity contribution in [2.75, 3.05) is 35.4 Å². The predicted octanol–water partition coefficient (Wildman–Crippen LogP) is 2.43. The number of methoxy groups -OCH3 is 2. The monoisotopic (exact) mass is 824 g/mol. The fourth-order valence-corrected chi connectivity index (χ4v) is 7.38. The van der Waals surface area contributed by atoms with Gasteiger partial charge in [0, 0.05) is 46.0 Å². The molecule has 0 aromatic heterocycles. The molecule has 16 heteroatoms. The van der Waals surface area contributed by atoms with Gasteiger partial charge in [-0.2, -0.15) is 0 Å². The molecule has 1 saturated heterocycles. The highest BCUT2D eigenvalue weighted by Gasteiger charge is 2.53. The molecule has 6 atom stereocenters. The minimum absolute atomic E-state index is 0.0304. The van der Waals surface area contributed by atoms with Crippen molar-refractivity contribution < 1.29 is 47.8 Å². The first-order valence-electron chi connectivity index (χ1n) is 19.4. The molecule has 3 heterocycles. The zero-order valence-corrected chi connectivity index (χ0v) is 35.1. The Morgan fingerprint density at radius 3 is 1.97 bits per heavy atom. The number of likely N-dealkylation sites (N-methyl/N-ethyl adjacent to an activating group) is 3. The number of Topliss-reactive ketones (excluding diaryl/α,β-unsaturated/α-hetero) is 1. The molecule has 16 nitrogen and oxygen atoms in total. The summed E-state index contributed by atoms with van der Waals surface area (Å²) in [5.74, 6) is -4.05. The van der Waals surface area contributed by atoms with Crippen LogP contribution in [0.3, 0.4) is 0 Å². The van der Waals surface area contributed by atoms with Crippen molar-refractivity contribution in [1.29, 1.82) is 0 Å². The van der Waals surface area contributed by atoms with E-state index in [1.807, 2.05) is 0 Å². The number of fused-ring (bicyclic) bond motifs is 2. The van der Waals surface area contributed by atoms with Gasteiger partial charge in [0.15, 0.2) is 22.8 Å². The molecular weight excluding hydrogens is 773 g/mol. The summed E-state index contributed by atoms with van der Waals surface area (Å²) in [5, 5.41) is 7.95. The maximum Gasteiger partial charge on any atom is 0.255 e. The predicted molar refractivity (Wildman–Crippen MR) is 220 cm³/mol. The summed E-state index contributed by atoms with van der Waals surface area (Å²) in [6.07, 6.45) is 0.828. The van der Waals surface area contributed by atoms with Crippen LogP contribution in [-0.2, 0) is 41.6 Å². The lowest BCUT2D eigenvalue weighted by Crippen LogP contribution is -2.68. The zero-order valence-electron chi connectivity index (χ0n) is 35.1. The summed E-state index contributed by atoms with van der Waals surface area (Å²) in [5.41, 5.74) is -1.15. The van der Waals surface area contributed by atoms with Gasteiger partial charge in [-0.3, -0.25) is 33.6 Å². The summed E-state index contributed by atoms with van der Waals surface area (Å²) < 4.78 is 16.9. The zero-order chi connectivity index (χ0) is 44.1. The molecular formula is C44H52N6O10. The Morgan fingerprint density at radius 1 is 0.750 bits per heavy atom. The van der Waals surface area contributed by atoms with Crippen LogP contribution >= 0.6 is 0 Å². The number of hydrogen-bond acceptors (Lipinski definition) is 10. The van der Waals surface area contributed by atoms with E-state index in [0.29, 0.717) is 22.6 Å². The summed E-state index contributed by atoms with van der Waals surface area (Å²) in [7, 11) is 7.03. The van der Waals surface area contributed by atoms with E-state index in [2.05, 4.69) is 22.5 Å². The molecule has 3 aromatic rings. The van der Waals surface area contributed by atoms with Gasteiger partial charge in [-0.1, -0.05) is 30.3 Å². The highest BCUT2D eigenvalue weighted by atomic mass is 16.5. The lowest BCUT2D eigenvalue weighted by atomic mass is 9.82. The summed E-state index contributed by atoms with van der Waals surface area (Å²) >= 11 is 0. The normalized spacial score (nSPS) is 24.7. The number of ether oxygens (including phenoxy) is 3. The number of ketones is 1. The van der Waals surface area contributed by atoms with Gasteiger partial charge in [-0.25, -0.2) is 0 Å². The Bertz CT molecular complexity index is 2160. The molecule has 6 rings (SSSR count). The van der Waals surface area contributed by atoms with Crippen molar-refractivity contribution in [2.24, 2.45) is 0 Å². The second kappa shape index (κ2) is 18.5. The van der Waals surface area contributed by atoms with Crippen LogP contribution in [0.5, 0.6) is 23.0 Å². The van der Waals surface area contributed by atoms with Crippen LogP contribution in [-0.4, -0.2) is 127 Å². The highest BCUT2D eigenvalue weighted by molar-refractivity contribution is 6.20. The van der Waals surface area contributed by atoms with E-state index in [0.717, 1.165) is 4.90 Å². The average molecular weight is 825 g/mol. The summed E-state index contributed by atoms with van der Waals surface area (Å²) in [6, 6.07) is 11.7. The quantitative estimate of drug-likeness (QED) is 0.246. The number of carbonyl (C=O) groups is 7. The number of hydrogen-bond donors (Lipinski definition) is 3. The standard InChI is InChI=1S/C44H52N6O10/c1-10-21-44-37(51)30-15-20-35(59-9)36(24-30)60-32-18-13-29(14-19-32)23-34(42(56)50(44)7)49(6)41(55)27(4)46-39(53)33(22-28-11-16-31(58-8)17-12-28)48(5)40(54)26(3)45-38(52)25(2)47-43(44)57/h10-20,24-27,33-34H,1,21-23H2,2-9H3,(H,45,52)(H,46,53)(H,47,57)/t25-,26+,27+,33+,34+,44+/m1/s1. The molecule has 0 aliphatic carbocycles. The van der Waals surface area contributed by atoms with E-state index < -0.39 is 83.4 Å². The van der Waals surface area contributed by atoms with Crippen LogP contribution in [0.4, 0.5) is 0 Å². The fraction of sp³-hybridized carbons (Fsp3) is 0.386. The molecule has 3 aliphatic heterocycles. The molecule has 60 heavy (non-hydrogen) atoms. The van der Waals surface area contributed by atoms with E-state index in [9.17, 15) is 24.0 Å². The molecule has 3 aliphatic rings. The smallest absolute Gasteiger partial charge is 0.255 e. The first-order valence-corrected chi connectivity index (χ1v) is 19.4. The number of rotatable bonds is 6. The van der Waals surface area contributed by atoms with Crippen molar-refractivity contribution >= 4 is 41.2 Å². The Balaban J connectivity index is 1.67. The van der Waals surface area contributed by atoms with E-state index in [1.165, 1.54) is 90.2 Å². The molecule has 0 radical (unpaired) electrons. The fourth-order valence-electron chi connectivity index (χ4n) is 7.38. The van der Waals surface area contributed by atoms with Gasteiger partial charge in [0.05, 0.1) is 14.2 Å². The third-order valence-corrected chi connectivity index (χ3v) is 11.1. The Kier molecular flexibility index (Phi) is 13.7. The first kappa shape index (κ1) is 44.4. The average Bonchev–Trinajstić information content (AvgIpc) is 3.24. The second-order valence-electron chi connectivity index (χ2n) is 15.0. The van der Waals surface area contributed by atoms with Crippen LogP contribution in [0.1, 0.15) is 48.7 Å². The summed E-state index contributed by atoms with van der Waals surface area (Å²) in [4.78, 5) is 104. The molecule has 0 spiro atoms. The van der Waals surface area contributed by atoms with Gasteiger partial charge in [-0.05, 0) is 74.4 Å². The first-order chi connectivity index (χ1) is 28.5. The van der Waals surface area contributed by atoms with Crippen molar-refractivity contribution in [3.8, 4) is 23.0 Å². The van der Waals surface area contributed by atoms with Gasteiger partial charge in [0.25, 0.3) is 5.91 Å².